The second-order valence-electron chi connectivity index (χ2n) is 6.41. The SMILES string of the molecule is CC(C)(C)OC(=O)N1CC(NC(=O)c2ccc(C=O)cc2Cl)C1. The van der Waals surface area contributed by atoms with E-state index in [9.17, 15) is 14.4 Å². The van der Waals surface area contributed by atoms with Gasteiger partial charge in [-0.05, 0) is 32.9 Å². The predicted molar refractivity (Wildman–Crippen MR) is 85.9 cm³/mol. The molecular formula is C16H19ClN2O4. The number of benzene rings is 1. The van der Waals surface area contributed by atoms with Gasteiger partial charge in [0.2, 0.25) is 0 Å². The van der Waals surface area contributed by atoms with E-state index in [0.717, 1.165) is 0 Å². The highest BCUT2D eigenvalue weighted by Crippen LogP contribution is 2.19. The molecule has 23 heavy (non-hydrogen) atoms. The van der Waals surface area contributed by atoms with Crippen molar-refractivity contribution in [2.45, 2.75) is 32.4 Å². The molecule has 0 aromatic heterocycles. The highest BCUT2D eigenvalue weighted by Gasteiger charge is 2.34. The molecule has 1 aromatic carbocycles. The molecule has 0 aliphatic carbocycles. The first-order valence-electron chi connectivity index (χ1n) is 7.23. The van der Waals surface area contributed by atoms with Gasteiger partial charge in [0, 0.05) is 18.7 Å². The Hall–Kier alpha value is -2.08. The molecule has 1 heterocycles. The van der Waals surface area contributed by atoms with Crippen molar-refractivity contribution in [2.24, 2.45) is 0 Å². The number of likely N-dealkylation sites (tertiary alicyclic amines) is 1. The molecule has 0 spiro atoms. The summed E-state index contributed by atoms with van der Waals surface area (Å²) in [6.45, 7) is 6.19. The summed E-state index contributed by atoms with van der Waals surface area (Å²) in [5, 5.41) is 3.02. The Morgan fingerprint density at radius 2 is 2.00 bits per heavy atom. The fourth-order valence-electron chi connectivity index (χ4n) is 2.10. The number of aldehydes is 1. The van der Waals surface area contributed by atoms with Gasteiger partial charge in [-0.2, -0.15) is 0 Å². The Bertz CT molecular complexity index is 633. The van der Waals surface area contributed by atoms with Crippen LogP contribution in [0.4, 0.5) is 4.79 Å². The average molecular weight is 339 g/mol. The molecule has 1 saturated heterocycles. The lowest BCUT2D eigenvalue weighted by atomic mass is 10.1. The molecule has 0 radical (unpaired) electrons. The number of nitrogens with zero attached hydrogens (tertiary/aromatic N) is 1. The molecule has 1 aliphatic heterocycles. The Balaban J connectivity index is 1.87. The van der Waals surface area contributed by atoms with Crippen molar-refractivity contribution in [3.63, 3.8) is 0 Å². The van der Waals surface area contributed by atoms with Crippen LogP contribution in [-0.4, -0.2) is 47.9 Å². The maximum absolute atomic E-state index is 12.2. The van der Waals surface area contributed by atoms with Gasteiger partial charge in [0.15, 0.2) is 0 Å². The number of ether oxygens (including phenoxy) is 1. The summed E-state index contributed by atoms with van der Waals surface area (Å²) in [6.07, 6.45) is 0.273. The molecular weight excluding hydrogens is 320 g/mol. The topological polar surface area (TPSA) is 75.7 Å². The molecule has 6 nitrogen and oxygen atoms in total. The third kappa shape index (κ3) is 4.45. The standard InChI is InChI=1S/C16H19ClN2O4/c1-16(2,3)23-15(22)19-7-11(8-19)18-14(21)12-5-4-10(9-20)6-13(12)17/h4-6,9,11H,7-8H2,1-3H3,(H,18,21). The first-order valence-corrected chi connectivity index (χ1v) is 7.61. The van der Waals surface area contributed by atoms with Crippen LogP contribution in [0.15, 0.2) is 18.2 Å². The minimum Gasteiger partial charge on any atom is -0.444 e. The van der Waals surface area contributed by atoms with E-state index < -0.39 is 11.7 Å². The van der Waals surface area contributed by atoms with E-state index in [0.29, 0.717) is 30.5 Å². The maximum Gasteiger partial charge on any atom is 0.410 e. The van der Waals surface area contributed by atoms with Gasteiger partial charge in [0.1, 0.15) is 11.9 Å². The van der Waals surface area contributed by atoms with Crippen LogP contribution in [0.25, 0.3) is 0 Å². The van der Waals surface area contributed by atoms with E-state index in [-0.39, 0.29) is 17.0 Å². The second kappa shape index (κ2) is 6.58. The van der Waals surface area contributed by atoms with Crippen LogP contribution in [0.3, 0.4) is 0 Å². The van der Waals surface area contributed by atoms with Gasteiger partial charge in [-0.3, -0.25) is 9.59 Å². The minimum absolute atomic E-state index is 0.142. The number of hydrogen-bond acceptors (Lipinski definition) is 4. The van der Waals surface area contributed by atoms with Gasteiger partial charge in [-0.1, -0.05) is 17.7 Å². The number of amides is 2. The molecule has 1 N–H and O–H groups in total. The Morgan fingerprint density at radius 3 is 2.52 bits per heavy atom. The minimum atomic E-state index is -0.542. The fourth-order valence-corrected chi connectivity index (χ4v) is 2.37. The number of carbonyl (C=O) groups is 3. The molecule has 7 heteroatoms. The molecule has 1 fully saturated rings. The first-order chi connectivity index (χ1) is 10.7. The van der Waals surface area contributed by atoms with E-state index >= 15 is 0 Å². The van der Waals surface area contributed by atoms with Crippen molar-refractivity contribution >= 4 is 29.9 Å². The van der Waals surface area contributed by atoms with Gasteiger partial charge >= 0.3 is 6.09 Å². The summed E-state index contributed by atoms with van der Waals surface area (Å²) in [6, 6.07) is 4.33. The van der Waals surface area contributed by atoms with Crippen LogP contribution >= 0.6 is 11.6 Å². The van der Waals surface area contributed by atoms with Crippen molar-refractivity contribution in [3.05, 3.63) is 34.3 Å². The molecule has 2 rings (SSSR count). The molecule has 0 bridgehead atoms. The summed E-state index contributed by atoms with van der Waals surface area (Å²) in [4.78, 5) is 36.1. The molecule has 1 aromatic rings. The first kappa shape index (κ1) is 17.3. The average Bonchev–Trinajstić information content (AvgIpc) is 2.39. The van der Waals surface area contributed by atoms with E-state index in [1.807, 2.05) is 0 Å². The number of carbonyl (C=O) groups excluding carboxylic acids is 3. The lowest BCUT2D eigenvalue weighted by Gasteiger charge is -2.40. The summed E-state index contributed by atoms with van der Waals surface area (Å²) < 4.78 is 5.24. The van der Waals surface area contributed by atoms with Crippen LogP contribution in [0.2, 0.25) is 5.02 Å². The summed E-state index contributed by atoms with van der Waals surface area (Å²) in [5.41, 5.74) is 0.165. The normalized spacial score (nSPS) is 14.9. The van der Waals surface area contributed by atoms with Crippen molar-refractivity contribution in [3.8, 4) is 0 Å². The van der Waals surface area contributed by atoms with Crippen molar-refractivity contribution in [1.29, 1.82) is 0 Å². The predicted octanol–water partition coefficient (Wildman–Crippen LogP) is 2.50. The molecule has 124 valence electrons. The third-order valence-corrected chi connectivity index (χ3v) is 3.56. The van der Waals surface area contributed by atoms with Gasteiger partial charge in [0.05, 0.1) is 16.6 Å². The largest absolute Gasteiger partial charge is 0.444 e. The van der Waals surface area contributed by atoms with Crippen molar-refractivity contribution in [2.75, 3.05) is 13.1 Å². The highest BCUT2D eigenvalue weighted by molar-refractivity contribution is 6.34. The summed E-state index contributed by atoms with van der Waals surface area (Å²) in [5.74, 6) is -0.332. The Kier molecular flexibility index (Phi) is 4.94. The van der Waals surface area contributed by atoms with E-state index in [2.05, 4.69) is 5.32 Å². The van der Waals surface area contributed by atoms with Crippen LogP contribution in [0, 0.1) is 0 Å². The lowest BCUT2D eigenvalue weighted by molar-refractivity contribution is 0.00533. The zero-order valence-corrected chi connectivity index (χ0v) is 14.0. The summed E-state index contributed by atoms with van der Waals surface area (Å²) in [7, 11) is 0. The molecule has 1 aliphatic rings. The van der Waals surface area contributed by atoms with Crippen LogP contribution < -0.4 is 5.32 Å². The Morgan fingerprint density at radius 1 is 1.35 bits per heavy atom. The molecule has 2 amide bonds. The summed E-state index contributed by atoms with van der Waals surface area (Å²) >= 11 is 6.00. The Labute approximate surface area is 139 Å². The molecule has 0 unspecified atom stereocenters. The van der Waals surface area contributed by atoms with Crippen LogP contribution in [0.1, 0.15) is 41.5 Å². The van der Waals surface area contributed by atoms with Gasteiger partial charge in [-0.25, -0.2) is 4.79 Å². The number of halogens is 1. The van der Waals surface area contributed by atoms with Crippen molar-refractivity contribution in [1.82, 2.24) is 10.2 Å². The molecule has 0 atom stereocenters. The molecule has 0 saturated carbocycles. The van der Waals surface area contributed by atoms with Crippen molar-refractivity contribution < 1.29 is 19.1 Å². The zero-order chi connectivity index (χ0) is 17.2. The lowest BCUT2D eigenvalue weighted by Crippen LogP contribution is -2.61. The van der Waals surface area contributed by atoms with Gasteiger partial charge in [0.25, 0.3) is 5.91 Å². The second-order valence-corrected chi connectivity index (χ2v) is 6.82. The quantitative estimate of drug-likeness (QED) is 0.859. The number of nitrogens with one attached hydrogen (secondary N) is 1. The van der Waals surface area contributed by atoms with E-state index in [1.165, 1.54) is 23.1 Å². The third-order valence-electron chi connectivity index (χ3n) is 3.24. The highest BCUT2D eigenvalue weighted by atomic mass is 35.5. The van der Waals surface area contributed by atoms with Gasteiger partial charge < -0.3 is 15.0 Å². The van der Waals surface area contributed by atoms with Crippen LogP contribution in [0.5, 0.6) is 0 Å². The van der Waals surface area contributed by atoms with E-state index in [1.54, 1.807) is 20.8 Å². The monoisotopic (exact) mass is 338 g/mol. The zero-order valence-electron chi connectivity index (χ0n) is 13.3. The number of hydrogen-bond donors (Lipinski definition) is 1. The van der Waals surface area contributed by atoms with E-state index in [4.69, 9.17) is 16.3 Å². The fraction of sp³-hybridized carbons (Fsp3) is 0.438. The smallest absolute Gasteiger partial charge is 0.410 e. The van der Waals surface area contributed by atoms with Crippen LogP contribution in [-0.2, 0) is 4.74 Å². The van der Waals surface area contributed by atoms with Gasteiger partial charge in [-0.15, -0.1) is 0 Å². The maximum atomic E-state index is 12.2. The number of rotatable bonds is 3.